The van der Waals surface area contributed by atoms with Crippen molar-refractivity contribution in [3.8, 4) is 0 Å². The molecule has 1 N–H and O–H groups in total. The zero-order chi connectivity index (χ0) is 19.9. The van der Waals surface area contributed by atoms with Gasteiger partial charge in [-0.3, -0.25) is 4.79 Å². The third kappa shape index (κ3) is 5.58. The first kappa shape index (κ1) is 20.9. The number of nitrogens with zero attached hydrogens (tertiary/aromatic N) is 1. The summed E-state index contributed by atoms with van der Waals surface area (Å²) in [5, 5.41) is 3.07. The summed E-state index contributed by atoms with van der Waals surface area (Å²) >= 11 is 7.11. The number of piperidine rings is 1. The molecule has 1 aliphatic heterocycles. The lowest BCUT2D eigenvalue weighted by molar-refractivity contribution is -0.113. The Morgan fingerprint density at radius 3 is 2.43 bits per heavy atom. The molecule has 1 fully saturated rings. The van der Waals surface area contributed by atoms with Crippen molar-refractivity contribution < 1.29 is 4.79 Å². The molecule has 0 saturated carbocycles. The average molecular weight is 413 g/mol. The van der Waals surface area contributed by atoms with E-state index in [9.17, 15) is 4.79 Å². The van der Waals surface area contributed by atoms with Gasteiger partial charge in [0.1, 0.15) is 4.32 Å². The molecule has 5 heteroatoms. The molecule has 0 unspecified atom stereocenters. The lowest BCUT2D eigenvalue weighted by Gasteiger charge is -2.40. The van der Waals surface area contributed by atoms with Crippen molar-refractivity contribution in [3.63, 3.8) is 0 Å². The van der Waals surface area contributed by atoms with E-state index in [1.54, 1.807) is 0 Å². The molecule has 28 heavy (non-hydrogen) atoms. The number of carbonyl (C=O) groups is 1. The highest BCUT2D eigenvalue weighted by atomic mass is 32.2. The smallest absolute Gasteiger partial charge is 0.234 e. The zero-order valence-electron chi connectivity index (χ0n) is 16.6. The van der Waals surface area contributed by atoms with Crippen molar-refractivity contribution in [2.24, 2.45) is 0 Å². The number of amides is 1. The van der Waals surface area contributed by atoms with Crippen molar-refractivity contribution in [2.45, 2.75) is 51.6 Å². The number of thioether (sulfide) groups is 1. The van der Waals surface area contributed by atoms with Crippen LogP contribution in [0.15, 0.2) is 54.6 Å². The first-order chi connectivity index (χ1) is 13.5. The topological polar surface area (TPSA) is 32.3 Å². The minimum absolute atomic E-state index is 0.00910. The van der Waals surface area contributed by atoms with E-state index >= 15 is 0 Å². The molecule has 0 aliphatic carbocycles. The molecular formula is C23H28N2OS2. The lowest BCUT2D eigenvalue weighted by Crippen LogP contribution is -2.45. The van der Waals surface area contributed by atoms with E-state index in [0.717, 1.165) is 22.0 Å². The van der Waals surface area contributed by atoms with E-state index < -0.39 is 0 Å². The van der Waals surface area contributed by atoms with Crippen LogP contribution in [-0.4, -0.2) is 33.0 Å². The number of thiocarbonyl (C=S) groups is 1. The number of anilines is 1. The molecule has 3 nitrogen and oxygen atoms in total. The average Bonchev–Trinajstić information content (AvgIpc) is 2.68. The van der Waals surface area contributed by atoms with E-state index in [1.807, 2.05) is 36.4 Å². The van der Waals surface area contributed by atoms with Gasteiger partial charge in [0.15, 0.2) is 0 Å². The Kier molecular flexibility index (Phi) is 7.51. The normalized spacial score (nSPS) is 19.3. The molecule has 2 aromatic carbocycles. The number of rotatable bonds is 5. The SMILES string of the molecule is C[C@@H]1CCC[C@@H](C)N1C(=S)SCC(=O)Nc1ccccc1Cc1ccccc1. The molecule has 148 valence electrons. The molecule has 2 atom stereocenters. The molecule has 1 heterocycles. The van der Waals surface area contributed by atoms with Crippen molar-refractivity contribution in [1.82, 2.24) is 4.90 Å². The molecule has 0 bridgehead atoms. The van der Waals surface area contributed by atoms with E-state index in [4.69, 9.17) is 12.2 Å². The predicted molar refractivity (Wildman–Crippen MR) is 124 cm³/mol. The zero-order valence-corrected chi connectivity index (χ0v) is 18.2. The maximum Gasteiger partial charge on any atom is 0.234 e. The fourth-order valence-corrected chi connectivity index (χ4v) is 5.15. The number of para-hydroxylation sites is 1. The van der Waals surface area contributed by atoms with Crippen LogP contribution >= 0.6 is 24.0 Å². The van der Waals surface area contributed by atoms with Gasteiger partial charge < -0.3 is 10.2 Å². The van der Waals surface area contributed by atoms with Crippen LogP contribution in [0.1, 0.15) is 44.2 Å². The van der Waals surface area contributed by atoms with E-state index in [1.165, 1.54) is 36.6 Å². The predicted octanol–water partition coefficient (Wildman–Crippen LogP) is 5.50. The lowest BCUT2D eigenvalue weighted by atomic mass is 9.99. The third-order valence-electron chi connectivity index (χ3n) is 5.26. The molecule has 1 saturated heterocycles. The standard InChI is InChI=1S/C23H28N2OS2/c1-17-9-8-10-18(2)25(17)23(27)28-16-22(26)24-21-14-7-6-13-20(21)15-19-11-4-3-5-12-19/h3-7,11-14,17-18H,8-10,15-16H2,1-2H3,(H,24,26)/t17-,18-/m1/s1. The van der Waals surface area contributed by atoms with Crippen LogP contribution in [0.25, 0.3) is 0 Å². The second-order valence-corrected chi connectivity index (χ2v) is 9.07. The van der Waals surface area contributed by atoms with Gasteiger partial charge in [-0.1, -0.05) is 72.5 Å². The van der Waals surface area contributed by atoms with E-state index in [2.05, 4.69) is 42.3 Å². The fourth-order valence-electron chi connectivity index (χ4n) is 3.78. The monoisotopic (exact) mass is 412 g/mol. The van der Waals surface area contributed by atoms with Gasteiger partial charge in [-0.25, -0.2) is 0 Å². The Morgan fingerprint density at radius 2 is 1.71 bits per heavy atom. The van der Waals surface area contributed by atoms with Crippen LogP contribution in [0.5, 0.6) is 0 Å². The number of nitrogens with one attached hydrogen (secondary N) is 1. The van der Waals surface area contributed by atoms with E-state index in [0.29, 0.717) is 17.8 Å². The highest BCUT2D eigenvalue weighted by Gasteiger charge is 2.27. The fraction of sp³-hybridized carbons (Fsp3) is 0.391. The molecule has 0 spiro atoms. The Balaban J connectivity index is 1.57. The van der Waals surface area contributed by atoms with Crippen LogP contribution in [0.3, 0.4) is 0 Å². The summed E-state index contributed by atoms with van der Waals surface area (Å²) in [7, 11) is 0. The highest BCUT2D eigenvalue weighted by Crippen LogP contribution is 2.27. The van der Waals surface area contributed by atoms with Crippen LogP contribution < -0.4 is 5.32 Å². The second-order valence-electron chi connectivity index (χ2n) is 7.46. The van der Waals surface area contributed by atoms with Crippen LogP contribution in [0.4, 0.5) is 5.69 Å². The minimum Gasteiger partial charge on any atom is -0.352 e. The van der Waals surface area contributed by atoms with Crippen LogP contribution in [0, 0.1) is 0 Å². The summed E-state index contributed by atoms with van der Waals surface area (Å²) in [5.74, 6) is 0.333. The quantitative estimate of drug-likeness (QED) is 0.658. The summed E-state index contributed by atoms with van der Waals surface area (Å²) in [6.07, 6.45) is 4.39. The summed E-state index contributed by atoms with van der Waals surface area (Å²) in [6, 6.07) is 19.2. The van der Waals surface area contributed by atoms with Gasteiger partial charge >= 0.3 is 0 Å². The Bertz CT molecular complexity index is 799. The molecule has 1 aliphatic rings. The second kappa shape index (κ2) is 10.1. The van der Waals surface area contributed by atoms with Gasteiger partial charge in [-0.05, 0) is 56.7 Å². The summed E-state index contributed by atoms with van der Waals surface area (Å²) in [5.41, 5.74) is 3.23. The molecule has 2 aromatic rings. The highest BCUT2D eigenvalue weighted by molar-refractivity contribution is 8.23. The van der Waals surface area contributed by atoms with Crippen molar-refractivity contribution in [1.29, 1.82) is 0 Å². The van der Waals surface area contributed by atoms with E-state index in [-0.39, 0.29) is 5.91 Å². The molecule has 0 radical (unpaired) electrons. The first-order valence-corrected chi connectivity index (χ1v) is 11.3. The number of benzene rings is 2. The molecule has 1 amide bonds. The molecule has 0 aromatic heterocycles. The van der Waals surface area contributed by atoms with Crippen molar-refractivity contribution >= 4 is 39.9 Å². The van der Waals surface area contributed by atoms with Crippen molar-refractivity contribution in [3.05, 3.63) is 65.7 Å². The van der Waals surface area contributed by atoms with Gasteiger partial charge in [0.05, 0.1) is 5.75 Å². The summed E-state index contributed by atoms with van der Waals surface area (Å²) in [6.45, 7) is 4.45. The minimum atomic E-state index is -0.00910. The summed E-state index contributed by atoms with van der Waals surface area (Å²) in [4.78, 5) is 14.9. The largest absolute Gasteiger partial charge is 0.352 e. The number of likely N-dealkylation sites (tertiary alicyclic amines) is 1. The molecule has 3 rings (SSSR count). The van der Waals surface area contributed by atoms with Gasteiger partial charge in [0, 0.05) is 17.8 Å². The third-order valence-corrected chi connectivity index (χ3v) is 6.69. The number of hydrogen-bond donors (Lipinski definition) is 1. The van der Waals surface area contributed by atoms with Crippen molar-refractivity contribution in [2.75, 3.05) is 11.1 Å². The molecular weight excluding hydrogens is 384 g/mol. The maximum absolute atomic E-state index is 12.6. The first-order valence-electron chi connectivity index (χ1n) is 9.91. The summed E-state index contributed by atoms with van der Waals surface area (Å²) < 4.78 is 0.840. The number of hydrogen-bond acceptors (Lipinski definition) is 3. The maximum atomic E-state index is 12.6. The number of carbonyl (C=O) groups excluding carboxylic acids is 1. The van der Waals surface area contributed by atoms with Crippen LogP contribution in [-0.2, 0) is 11.2 Å². The van der Waals surface area contributed by atoms with Gasteiger partial charge in [-0.2, -0.15) is 0 Å². The van der Waals surface area contributed by atoms with Gasteiger partial charge in [-0.15, -0.1) is 0 Å². The Labute approximate surface area is 177 Å². The Hall–Kier alpha value is -1.85. The Morgan fingerprint density at radius 1 is 1.07 bits per heavy atom. The van der Waals surface area contributed by atoms with Gasteiger partial charge in [0.25, 0.3) is 0 Å². The van der Waals surface area contributed by atoms with Gasteiger partial charge in [0.2, 0.25) is 5.91 Å². The van der Waals surface area contributed by atoms with Crippen LogP contribution in [0.2, 0.25) is 0 Å².